The number of aromatic nitrogens is 3. The molecule has 156 valence electrons. The molecule has 2 N–H and O–H groups in total. The van der Waals surface area contributed by atoms with E-state index in [4.69, 9.17) is 0 Å². The predicted octanol–water partition coefficient (Wildman–Crippen LogP) is 3.88. The summed E-state index contributed by atoms with van der Waals surface area (Å²) in [7, 11) is 0. The first kappa shape index (κ1) is 21.6. The third kappa shape index (κ3) is 5.27. The van der Waals surface area contributed by atoms with Crippen LogP contribution in [0.2, 0.25) is 0 Å². The van der Waals surface area contributed by atoms with E-state index in [-0.39, 0.29) is 11.7 Å². The molecule has 0 atom stereocenters. The van der Waals surface area contributed by atoms with Crippen molar-refractivity contribution in [2.75, 3.05) is 12.3 Å². The second-order valence-electron chi connectivity index (χ2n) is 6.87. The maximum atomic E-state index is 12.2. The number of carbonyl (C=O) groups excluding carboxylic acids is 2. The zero-order valence-corrected chi connectivity index (χ0v) is 18.1. The average Bonchev–Trinajstić information content (AvgIpc) is 3.17. The Kier molecular flexibility index (Phi) is 7.24. The van der Waals surface area contributed by atoms with Crippen LogP contribution in [0.15, 0.2) is 53.7 Å². The summed E-state index contributed by atoms with van der Waals surface area (Å²) >= 11 is 1.24. The summed E-state index contributed by atoms with van der Waals surface area (Å²) in [5.74, 6) is 0.365. The van der Waals surface area contributed by atoms with Crippen molar-refractivity contribution in [1.29, 1.82) is 0 Å². The monoisotopic (exact) mass is 423 g/mol. The second-order valence-corrected chi connectivity index (χ2v) is 7.81. The molecule has 0 aliphatic heterocycles. The summed E-state index contributed by atoms with van der Waals surface area (Å²) < 4.78 is 1.94. The van der Waals surface area contributed by atoms with Gasteiger partial charge in [-0.3, -0.25) is 14.7 Å². The Balaban J connectivity index is 1.86. The molecule has 1 aromatic heterocycles. The average molecular weight is 424 g/mol. The maximum Gasteiger partial charge on any atom is 0.321 e. The third-order valence-corrected chi connectivity index (χ3v) is 5.46. The van der Waals surface area contributed by atoms with Gasteiger partial charge in [0, 0.05) is 12.1 Å². The summed E-state index contributed by atoms with van der Waals surface area (Å²) in [5, 5.41) is 14.2. The fourth-order valence-electron chi connectivity index (χ4n) is 2.81. The molecule has 0 radical (unpaired) electrons. The van der Waals surface area contributed by atoms with Crippen LogP contribution in [-0.2, 0) is 4.79 Å². The van der Waals surface area contributed by atoms with Crippen LogP contribution in [0.5, 0.6) is 0 Å². The SMILES string of the molecule is CCCNC(=O)NC(=O)CSc1nnc(-c2ccccc2)n1-c1ccc(C)c(C)c1. The highest BCUT2D eigenvalue weighted by Crippen LogP contribution is 2.28. The summed E-state index contributed by atoms with van der Waals surface area (Å²) in [6, 6.07) is 15.5. The molecule has 3 rings (SSSR count). The highest BCUT2D eigenvalue weighted by Gasteiger charge is 2.18. The van der Waals surface area contributed by atoms with Crippen LogP contribution in [-0.4, -0.2) is 39.0 Å². The lowest BCUT2D eigenvalue weighted by atomic mass is 10.1. The Morgan fingerprint density at radius 1 is 1.03 bits per heavy atom. The Hall–Kier alpha value is -3.13. The molecule has 30 heavy (non-hydrogen) atoms. The summed E-state index contributed by atoms with van der Waals surface area (Å²) in [5.41, 5.74) is 4.20. The van der Waals surface area contributed by atoms with Crippen molar-refractivity contribution in [2.24, 2.45) is 0 Å². The second kappa shape index (κ2) is 10.1. The first-order chi connectivity index (χ1) is 14.5. The van der Waals surface area contributed by atoms with Gasteiger partial charge < -0.3 is 5.32 Å². The Morgan fingerprint density at radius 2 is 1.80 bits per heavy atom. The van der Waals surface area contributed by atoms with Gasteiger partial charge in [0.1, 0.15) is 0 Å². The Labute approximate surface area is 180 Å². The molecular formula is C22H25N5O2S. The third-order valence-electron chi connectivity index (χ3n) is 4.53. The standard InChI is InChI=1S/C22H25N5O2S/c1-4-12-23-21(29)24-19(28)14-30-22-26-25-20(17-8-6-5-7-9-17)27(22)18-11-10-15(2)16(3)13-18/h5-11,13H,4,12,14H2,1-3H3,(H2,23,24,28,29). The highest BCUT2D eigenvalue weighted by molar-refractivity contribution is 7.99. The summed E-state index contributed by atoms with van der Waals surface area (Å²) in [6.45, 7) is 6.59. The van der Waals surface area contributed by atoms with Gasteiger partial charge in [0.2, 0.25) is 5.91 Å². The molecule has 0 fully saturated rings. The largest absolute Gasteiger partial charge is 0.338 e. The van der Waals surface area contributed by atoms with Crippen molar-refractivity contribution >= 4 is 23.7 Å². The molecule has 0 unspecified atom stereocenters. The van der Waals surface area contributed by atoms with Gasteiger partial charge in [-0.15, -0.1) is 10.2 Å². The number of amides is 3. The van der Waals surface area contributed by atoms with Crippen LogP contribution in [0.3, 0.4) is 0 Å². The molecule has 0 saturated carbocycles. The van der Waals surface area contributed by atoms with E-state index in [2.05, 4.69) is 46.8 Å². The lowest BCUT2D eigenvalue weighted by Gasteiger charge is -2.12. The van der Waals surface area contributed by atoms with Crippen molar-refractivity contribution < 1.29 is 9.59 Å². The first-order valence-corrected chi connectivity index (χ1v) is 10.8. The molecule has 7 nitrogen and oxygen atoms in total. The Morgan fingerprint density at radius 3 is 2.50 bits per heavy atom. The summed E-state index contributed by atoms with van der Waals surface area (Å²) in [6.07, 6.45) is 0.803. The topological polar surface area (TPSA) is 88.9 Å². The molecular weight excluding hydrogens is 398 g/mol. The van der Waals surface area contributed by atoms with Gasteiger partial charge in [-0.2, -0.15) is 0 Å². The van der Waals surface area contributed by atoms with Crippen LogP contribution in [0.4, 0.5) is 4.79 Å². The first-order valence-electron chi connectivity index (χ1n) is 9.78. The molecule has 0 bridgehead atoms. The van der Waals surface area contributed by atoms with Crippen LogP contribution in [0.1, 0.15) is 24.5 Å². The zero-order chi connectivity index (χ0) is 21.5. The van der Waals surface area contributed by atoms with E-state index in [0.29, 0.717) is 17.5 Å². The van der Waals surface area contributed by atoms with E-state index in [0.717, 1.165) is 23.2 Å². The fourth-order valence-corrected chi connectivity index (χ4v) is 3.56. The molecule has 3 aromatic rings. The number of urea groups is 1. The molecule has 8 heteroatoms. The number of nitrogens with zero attached hydrogens (tertiary/aromatic N) is 3. The number of hydrogen-bond donors (Lipinski definition) is 2. The molecule has 0 aliphatic rings. The number of thioether (sulfide) groups is 1. The van der Waals surface area contributed by atoms with Crippen molar-refractivity contribution in [2.45, 2.75) is 32.3 Å². The molecule has 0 aliphatic carbocycles. The molecule has 2 aromatic carbocycles. The fraction of sp³-hybridized carbons (Fsp3) is 0.273. The predicted molar refractivity (Wildman–Crippen MR) is 119 cm³/mol. The number of hydrogen-bond acceptors (Lipinski definition) is 5. The van der Waals surface area contributed by atoms with Crippen molar-refractivity contribution in [3.8, 4) is 17.1 Å². The number of imide groups is 1. The zero-order valence-electron chi connectivity index (χ0n) is 17.3. The highest BCUT2D eigenvalue weighted by atomic mass is 32.2. The molecule has 1 heterocycles. The van der Waals surface area contributed by atoms with Gasteiger partial charge in [0.15, 0.2) is 11.0 Å². The minimum Gasteiger partial charge on any atom is -0.338 e. The lowest BCUT2D eigenvalue weighted by molar-refractivity contribution is -0.117. The van der Waals surface area contributed by atoms with Crippen molar-refractivity contribution in [3.05, 3.63) is 59.7 Å². The van der Waals surface area contributed by atoms with Gasteiger partial charge in [0.25, 0.3) is 0 Å². The van der Waals surface area contributed by atoms with Gasteiger partial charge >= 0.3 is 6.03 Å². The normalized spacial score (nSPS) is 10.6. The minimum absolute atomic E-state index is 0.0529. The van der Waals surface area contributed by atoms with Crippen LogP contribution in [0, 0.1) is 13.8 Å². The number of aryl methyl sites for hydroxylation is 2. The number of carbonyl (C=O) groups is 2. The molecule has 0 saturated heterocycles. The quantitative estimate of drug-likeness (QED) is 0.563. The van der Waals surface area contributed by atoms with Gasteiger partial charge in [-0.1, -0.05) is 55.1 Å². The molecule has 3 amide bonds. The van der Waals surface area contributed by atoms with E-state index in [1.54, 1.807) is 0 Å². The Bertz CT molecular complexity index is 1030. The maximum absolute atomic E-state index is 12.2. The van der Waals surface area contributed by atoms with Gasteiger partial charge in [-0.05, 0) is 43.5 Å². The van der Waals surface area contributed by atoms with Crippen LogP contribution < -0.4 is 10.6 Å². The number of benzene rings is 2. The van der Waals surface area contributed by atoms with E-state index in [1.165, 1.54) is 17.3 Å². The smallest absolute Gasteiger partial charge is 0.321 e. The van der Waals surface area contributed by atoms with Crippen molar-refractivity contribution in [1.82, 2.24) is 25.4 Å². The van der Waals surface area contributed by atoms with E-state index in [9.17, 15) is 9.59 Å². The van der Waals surface area contributed by atoms with E-state index in [1.807, 2.05) is 47.9 Å². The van der Waals surface area contributed by atoms with Gasteiger partial charge in [-0.25, -0.2) is 4.79 Å². The van der Waals surface area contributed by atoms with Gasteiger partial charge in [0.05, 0.1) is 11.4 Å². The van der Waals surface area contributed by atoms with Crippen LogP contribution in [0.25, 0.3) is 17.1 Å². The number of rotatable bonds is 7. The lowest BCUT2D eigenvalue weighted by Crippen LogP contribution is -2.40. The van der Waals surface area contributed by atoms with Crippen molar-refractivity contribution in [3.63, 3.8) is 0 Å². The van der Waals surface area contributed by atoms with E-state index >= 15 is 0 Å². The minimum atomic E-state index is -0.483. The van der Waals surface area contributed by atoms with Crippen LogP contribution >= 0.6 is 11.8 Å². The number of nitrogens with one attached hydrogen (secondary N) is 2. The summed E-state index contributed by atoms with van der Waals surface area (Å²) in [4.78, 5) is 23.8. The molecule has 0 spiro atoms. The van der Waals surface area contributed by atoms with E-state index < -0.39 is 6.03 Å².